The van der Waals surface area contributed by atoms with Crippen LogP contribution in [0.15, 0.2) is 54.6 Å². The van der Waals surface area contributed by atoms with Gasteiger partial charge >= 0.3 is 6.03 Å². The van der Waals surface area contributed by atoms with Gasteiger partial charge in [0.15, 0.2) is 0 Å². The third-order valence-corrected chi connectivity index (χ3v) is 8.34. The second-order valence-electron chi connectivity index (χ2n) is 11.9. The summed E-state index contributed by atoms with van der Waals surface area (Å²) in [6.45, 7) is 5.61. The molecular formula is C34H50N4O5S. The number of benzene rings is 2. The third kappa shape index (κ3) is 12.4. The van der Waals surface area contributed by atoms with E-state index in [0.717, 1.165) is 42.6 Å². The van der Waals surface area contributed by atoms with E-state index in [4.69, 9.17) is 4.74 Å². The third-order valence-electron chi connectivity index (χ3n) is 7.70. The number of ether oxygens (including phenoxy) is 1. The van der Waals surface area contributed by atoms with Crippen molar-refractivity contribution in [3.8, 4) is 5.75 Å². The van der Waals surface area contributed by atoms with Crippen LogP contribution in [0.4, 0.5) is 4.79 Å². The number of aliphatic hydroxyl groups is 1. The van der Waals surface area contributed by atoms with Crippen LogP contribution >= 0.6 is 11.8 Å². The van der Waals surface area contributed by atoms with Gasteiger partial charge in [-0.1, -0.05) is 69.2 Å². The zero-order chi connectivity index (χ0) is 31.7. The lowest BCUT2D eigenvalue weighted by Gasteiger charge is -2.28. The van der Waals surface area contributed by atoms with Gasteiger partial charge in [-0.2, -0.15) is 11.8 Å². The predicted molar refractivity (Wildman–Crippen MR) is 177 cm³/mol. The van der Waals surface area contributed by atoms with E-state index in [1.807, 2.05) is 74.7 Å². The molecule has 1 fully saturated rings. The van der Waals surface area contributed by atoms with Gasteiger partial charge in [-0.3, -0.25) is 9.59 Å². The van der Waals surface area contributed by atoms with Crippen molar-refractivity contribution in [2.45, 2.75) is 83.5 Å². The zero-order valence-electron chi connectivity index (χ0n) is 26.4. The van der Waals surface area contributed by atoms with E-state index in [2.05, 4.69) is 16.0 Å². The van der Waals surface area contributed by atoms with Crippen LogP contribution in [0, 0.1) is 5.92 Å². The van der Waals surface area contributed by atoms with E-state index in [1.54, 1.807) is 16.7 Å². The van der Waals surface area contributed by atoms with E-state index >= 15 is 0 Å². The summed E-state index contributed by atoms with van der Waals surface area (Å²) in [5.74, 6) is 0.871. The number of thioether (sulfide) groups is 1. The summed E-state index contributed by atoms with van der Waals surface area (Å²) in [7, 11) is 0. The first-order valence-corrected chi connectivity index (χ1v) is 17.2. The Bertz CT molecular complexity index is 1140. The number of amides is 4. The average molecular weight is 627 g/mol. The van der Waals surface area contributed by atoms with Gasteiger partial charge in [0.1, 0.15) is 24.4 Å². The van der Waals surface area contributed by atoms with Gasteiger partial charge in [-0.05, 0) is 66.9 Å². The van der Waals surface area contributed by atoms with Crippen molar-refractivity contribution in [1.29, 1.82) is 0 Å². The van der Waals surface area contributed by atoms with Crippen molar-refractivity contribution >= 4 is 29.6 Å². The van der Waals surface area contributed by atoms with E-state index in [-0.39, 0.29) is 30.9 Å². The maximum atomic E-state index is 13.7. The molecular weight excluding hydrogens is 576 g/mol. The molecule has 9 nitrogen and oxygen atoms in total. The van der Waals surface area contributed by atoms with Gasteiger partial charge in [0.2, 0.25) is 11.8 Å². The average Bonchev–Trinajstić information content (AvgIpc) is 3.32. The molecule has 10 heteroatoms. The Kier molecular flexibility index (Phi) is 15.4. The number of hydrogen-bond donors (Lipinski definition) is 4. The largest absolute Gasteiger partial charge is 0.489 e. The molecule has 1 saturated heterocycles. The fraction of sp³-hybridized carbons (Fsp3) is 0.559. The Morgan fingerprint density at radius 2 is 1.52 bits per heavy atom. The van der Waals surface area contributed by atoms with Crippen LogP contribution in [0.1, 0.15) is 63.5 Å². The fourth-order valence-electron chi connectivity index (χ4n) is 5.17. The summed E-state index contributed by atoms with van der Waals surface area (Å²) in [6.07, 6.45) is 7.38. The van der Waals surface area contributed by atoms with Crippen LogP contribution in [0.5, 0.6) is 5.75 Å². The molecule has 0 spiro atoms. The highest BCUT2D eigenvalue weighted by Gasteiger charge is 2.30. The Morgan fingerprint density at radius 1 is 0.864 bits per heavy atom. The lowest BCUT2D eigenvalue weighted by Crippen LogP contribution is -2.57. The maximum absolute atomic E-state index is 13.7. The molecule has 0 aromatic heterocycles. The summed E-state index contributed by atoms with van der Waals surface area (Å²) in [4.78, 5) is 42.1. The first kappa shape index (κ1) is 35.2. The van der Waals surface area contributed by atoms with Crippen molar-refractivity contribution < 1.29 is 24.2 Å². The van der Waals surface area contributed by atoms with E-state index in [0.29, 0.717) is 38.3 Å². The van der Waals surface area contributed by atoms with E-state index in [9.17, 15) is 19.5 Å². The van der Waals surface area contributed by atoms with Gasteiger partial charge in [-0.15, -0.1) is 0 Å². The molecule has 1 aliphatic heterocycles. The number of rotatable bonds is 16. The highest BCUT2D eigenvalue weighted by atomic mass is 32.2. The smallest absolute Gasteiger partial charge is 0.318 e. The molecule has 1 heterocycles. The van der Waals surface area contributed by atoms with Crippen LogP contribution in [0.25, 0.3) is 0 Å². The van der Waals surface area contributed by atoms with Gasteiger partial charge < -0.3 is 30.7 Å². The summed E-state index contributed by atoms with van der Waals surface area (Å²) >= 11 is 1.64. The highest BCUT2D eigenvalue weighted by Crippen LogP contribution is 2.17. The van der Waals surface area contributed by atoms with Crippen LogP contribution in [-0.2, 0) is 22.6 Å². The Morgan fingerprint density at radius 3 is 2.14 bits per heavy atom. The van der Waals surface area contributed by atoms with Crippen LogP contribution < -0.4 is 20.7 Å². The minimum absolute atomic E-state index is 0.149. The molecule has 4 N–H and O–H groups in total. The number of likely N-dealkylation sites (tertiary alicyclic amines) is 1. The lowest BCUT2D eigenvalue weighted by atomic mass is 10.0. The quantitative estimate of drug-likeness (QED) is 0.218. The Labute approximate surface area is 266 Å². The zero-order valence-corrected chi connectivity index (χ0v) is 27.2. The van der Waals surface area contributed by atoms with Crippen LogP contribution in [-0.4, -0.2) is 77.7 Å². The minimum atomic E-state index is -0.897. The molecule has 0 unspecified atom stereocenters. The summed E-state index contributed by atoms with van der Waals surface area (Å²) in [5.41, 5.74) is 1.91. The van der Waals surface area contributed by atoms with Gasteiger partial charge in [0.25, 0.3) is 0 Å². The minimum Gasteiger partial charge on any atom is -0.489 e. The summed E-state index contributed by atoms with van der Waals surface area (Å²) < 4.78 is 5.91. The van der Waals surface area contributed by atoms with E-state index in [1.165, 1.54) is 0 Å². The Balaban J connectivity index is 1.72. The normalized spacial score (nSPS) is 15.5. The SMILES string of the molecule is CSCC[C@@H](CO)NC(=O)[C@H](Cc1ccc(OCc2ccccc2)cc1)NC(=O)[C@@H](CC(C)C)NC(=O)N1CCCCCC1. The topological polar surface area (TPSA) is 120 Å². The molecule has 2 aromatic carbocycles. The molecule has 3 rings (SSSR count). The fourth-order valence-corrected chi connectivity index (χ4v) is 5.69. The van der Waals surface area contributed by atoms with Crippen molar-refractivity contribution in [1.82, 2.24) is 20.9 Å². The molecule has 1 aliphatic rings. The monoisotopic (exact) mass is 626 g/mol. The molecule has 0 bridgehead atoms. The van der Waals surface area contributed by atoms with Gasteiger partial charge in [0.05, 0.1) is 12.6 Å². The number of urea groups is 1. The maximum Gasteiger partial charge on any atom is 0.318 e. The molecule has 4 amide bonds. The van der Waals surface area contributed by atoms with Crippen molar-refractivity contribution in [3.63, 3.8) is 0 Å². The second kappa shape index (κ2) is 19.2. The first-order chi connectivity index (χ1) is 21.3. The number of hydrogen-bond acceptors (Lipinski definition) is 6. The molecule has 0 saturated carbocycles. The molecule has 0 radical (unpaired) electrons. The number of aliphatic hydroxyl groups excluding tert-OH is 1. The predicted octanol–water partition coefficient (Wildman–Crippen LogP) is 4.52. The van der Waals surface area contributed by atoms with Gasteiger partial charge in [-0.25, -0.2) is 4.79 Å². The first-order valence-electron chi connectivity index (χ1n) is 15.8. The number of carbonyl (C=O) groups excluding carboxylic acids is 3. The molecule has 0 aliphatic carbocycles. The summed E-state index contributed by atoms with van der Waals surface area (Å²) in [6, 6.07) is 15.0. The Hall–Kier alpha value is -3.24. The van der Waals surface area contributed by atoms with Crippen molar-refractivity contribution in [2.75, 3.05) is 31.7 Å². The standard InChI is InChI=1S/C34H50N4O5S/c1-25(2)21-30(37-34(42)38-18-9-4-5-10-19-38)33(41)36-31(32(40)35-28(23-39)17-20-44-3)22-26-13-15-29(16-14-26)43-24-27-11-7-6-8-12-27/h6-8,11-16,25,28,30-31,39H,4-5,9-10,17-24H2,1-3H3,(H,35,40)(H,36,41)(H,37,42)/t28-,30+,31-/m0/s1. The second-order valence-corrected chi connectivity index (χ2v) is 12.9. The van der Waals surface area contributed by atoms with Crippen LogP contribution in [0.2, 0.25) is 0 Å². The molecule has 44 heavy (non-hydrogen) atoms. The lowest BCUT2D eigenvalue weighted by molar-refractivity contribution is -0.130. The number of nitrogens with one attached hydrogen (secondary N) is 3. The number of carbonyl (C=O) groups is 3. The highest BCUT2D eigenvalue weighted by molar-refractivity contribution is 7.98. The molecule has 242 valence electrons. The van der Waals surface area contributed by atoms with Crippen molar-refractivity contribution in [2.24, 2.45) is 5.92 Å². The van der Waals surface area contributed by atoms with Gasteiger partial charge in [0, 0.05) is 19.5 Å². The van der Waals surface area contributed by atoms with Crippen molar-refractivity contribution in [3.05, 3.63) is 65.7 Å². The van der Waals surface area contributed by atoms with E-state index < -0.39 is 24.0 Å². The molecule has 2 aromatic rings. The molecule has 3 atom stereocenters. The summed E-state index contributed by atoms with van der Waals surface area (Å²) in [5, 5.41) is 18.7. The van der Waals surface area contributed by atoms with Crippen LogP contribution in [0.3, 0.4) is 0 Å². The number of nitrogens with zero attached hydrogens (tertiary/aromatic N) is 1.